The molecule has 3 rings (SSSR count). The van der Waals surface area contributed by atoms with Gasteiger partial charge >= 0.3 is 6.09 Å². The Kier molecular flexibility index (Phi) is 6.11. The zero-order valence-electron chi connectivity index (χ0n) is 17.4. The van der Waals surface area contributed by atoms with E-state index in [-0.39, 0.29) is 18.0 Å². The van der Waals surface area contributed by atoms with E-state index >= 15 is 0 Å². The number of methoxy groups -OCH3 is 1. The summed E-state index contributed by atoms with van der Waals surface area (Å²) in [6, 6.07) is 13.0. The van der Waals surface area contributed by atoms with Crippen LogP contribution in [0.4, 0.5) is 10.5 Å². The molecule has 29 heavy (non-hydrogen) atoms. The minimum atomic E-state index is -0.512. The molecule has 154 valence electrons. The molecular formula is C23H28N2O4. The van der Waals surface area contributed by atoms with Crippen LogP contribution in [0.1, 0.15) is 48.7 Å². The molecule has 0 aliphatic heterocycles. The first-order valence-electron chi connectivity index (χ1n) is 9.80. The van der Waals surface area contributed by atoms with Crippen LogP contribution in [0.5, 0.6) is 5.75 Å². The third kappa shape index (κ3) is 5.73. The number of nitrogens with one attached hydrogen (secondary N) is 2. The van der Waals surface area contributed by atoms with E-state index in [0.29, 0.717) is 17.0 Å². The van der Waals surface area contributed by atoms with Crippen molar-refractivity contribution in [2.75, 3.05) is 12.4 Å². The van der Waals surface area contributed by atoms with E-state index in [9.17, 15) is 9.59 Å². The Morgan fingerprint density at radius 3 is 2.59 bits per heavy atom. The van der Waals surface area contributed by atoms with Crippen LogP contribution in [-0.2, 0) is 17.6 Å². The monoisotopic (exact) mass is 396 g/mol. The van der Waals surface area contributed by atoms with Crippen molar-refractivity contribution in [1.82, 2.24) is 5.32 Å². The molecule has 2 aromatic rings. The van der Waals surface area contributed by atoms with E-state index in [2.05, 4.69) is 10.6 Å². The molecule has 1 aliphatic carbocycles. The molecule has 0 aromatic heterocycles. The maximum atomic E-state index is 12.6. The molecule has 0 heterocycles. The van der Waals surface area contributed by atoms with E-state index in [4.69, 9.17) is 9.47 Å². The average molecular weight is 396 g/mol. The van der Waals surface area contributed by atoms with Gasteiger partial charge in [-0.3, -0.25) is 4.79 Å². The van der Waals surface area contributed by atoms with Crippen LogP contribution in [0.15, 0.2) is 42.5 Å². The Hall–Kier alpha value is -3.02. The molecule has 0 radical (unpaired) electrons. The lowest BCUT2D eigenvalue weighted by molar-refractivity contribution is 0.0500. The largest absolute Gasteiger partial charge is 0.497 e. The first-order valence-corrected chi connectivity index (χ1v) is 9.80. The Labute approximate surface area is 171 Å². The van der Waals surface area contributed by atoms with E-state index in [1.165, 1.54) is 0 Å². The van der Waals surface area contributed by atoms with Gasteiger partial charge in [-0.25, -0.2) is 4.79 Å². The van der Waals surface area contributed by atoms with Crippen LogP contribution >= 0.6 is 0 Å². The standard InChI is InChI=1S/C23H28N2O4/c1-23(2,3)29-22(27)25-19-11-10-15-12-17(9-8-16(15)13-19)21(26)24-18-6-5-7-20(14-18)28-4/h5-9,12,14,19H,10-11,13H2,1-4H3,(H,24,26)(H,25,27). The predicted octanol–water partition coefficient (Wildman–Crippen LogP) is 4.33. The van der Waals surface area contributed by atoms with Crippen molar-refractivity contribution in [3.8, 4) is 5.75 Å². The first kappa shape index (κ1) is 20.7. The maximum Gasteiger partial charge on any atom is 0.407 e. The van der Waals surface area contributed by atoms with Crippen LogP contribution in [0.3, 0.4) is 0 Å². The summed E-state index contributed by atoms with van der Waals surface area (Å²) in [4.78, 5) is 24.6. The van der Waals surface area contributed by atoms with Crippen molar-refractivity contribution in [1.29, 1.82) is 0 Å². The highest BCUT2D eigenvalue weighted by molar-refractivity contribution is 6.04. The lowest BCUT2D eigenvalue weighted by Crippen LogP contribution is -2.41. The van der Waals surface area contributed by atoms with Gasteiger partial charge in [-0.2, -0.15) is 0 Å². The van der Waals surface area contributed by atoms with Gasteiger partial charge in [0.05, 0.1) is 7.11 Å². The zero-order valence-corrected chi connectivity index (χ0v) is 17.4. The highest BCUT2D eigenvalue weighted by atomic mass is 16.6. The Bertz CT molecular complexity index is 902. The number of hydrogen-bond donors (Lipinski definition) is 2. The molecule has 1 aliphatic rings. The van der Waals surface area contributed by atoms with Gasteiger partial charge in [0.1, 0.15) is 11.4 Å². The number of hydrogen-bond acceptors (Lipinski definition) is 4. The van der Waals surface area contributed by atoms with Crippen molar-refractivity contribution in [2.24, 2.45) is 0 Å². The molecular weight excluding hydrogens is 368 g/mol. The predicted molar refractivity (Wildman–Crippen MR) is 113 cm³/mol. The molecule has 2 aromatic carbocycles. The molecule has 0 saturated heterocycles. The highest BCUT2D eigenvalue weighted by Crippen LogP contribution is 2.24. The number of carbonyl (C=O) groups is 2. The summed E-state index contributed by atoms with van der Waals surface area (Å²) in [6.07, 6.45) is 1.95. The smallest absolute Gasteiger partial charge is 0.407 e. The number of aryl methyl sites for hydroxylation is 1. The van der Waals surface area contributed by atoms with Crippen molar-refractivity contribution in [2.45, 2.75) is 51.7 Å². The van der Waals surface area contributed by atoms with Gasteiger partial charge in [-0.1, -0.05) is 12.1 Å². The van der Waals surface area contributed by atoms with Crippen molar-refractivity contribution in [3.05, 3.63) is 59.2 Å². The molecule has 1 atom stereocenters. The van der Waals surface area contributed by atoms with Gasteiger partial charge in [0.15, 0.2) is 0 Å². The van der Waals surface area contributed by atoms with E-state index < -0.39 is 5.60 Å². The highest BCUT2D eigenvalue weighted by Gasteiger charge is 2.24. The van der Waals surface area contributed by atoms with Gasteiger partial charge in [0.2, 0.25) is 0 Å². The second kappa shape index (κ2) is 8.55. The summed E-state index contributed by atoms with van der Waals surface area (Å²) in [7, 11) is 1.59. The molecule has 6 heteroatoms. The molecule has 2 N–H and O–H groups in total. The van der Waals surface area contributed by atoms with Gasteiger partial charge in [-0.15, -0.1) is 0 Å². The summed E-state index contributed by atoms with van der Waals surface area (Å²) in [5.74, 6) is 0.534. The minimum absolute atomic E-state index is 0.0359. The fourth-order valence-corrected chi connectivity index (χ4v) is 3.40. The van der Waals surface area contributed by atoms with Crippen molar-refractivity contribution < 1.29 is 19.1 Å². The number of ether oxygens (including phenoxy) is 2. The molecule has 0 fully saturated rings. The lowest BCUT2D eigenvalue weighted by atomic mass is 9.87. The van der Waals surface area contributed by atoms with E-state index in [1.807, 2.05) is 57.2 Å². The maximum absolute atomic E-state index is 12.6. The van der Waals surface area contributed by atoms with Gasteiger partial charge in [0.25, 0.3) is 5.91 Å². The second-order valence-corrected chi connectivity index (χ2v) is 8.26. The molecule has 2 amide bonds. The van der Waals surface area contributed by atoms with Crippen LogP contribution in [0.25, 0.3) is 0 Å². The first-order chi connectivity index (χ1) is 13.7. The quantitative estimate of drug-likeness (QED) is 0.806. The lowest BCUT2D eigenvalue weighted by Gasteiger charge is -2.27. The third-order valence-corrected chi connectivity index (χ3v) is 4.75. The Balaban J connectivity index is 1.63. The van der Waals surface area contributed by atoms with Gasteiger partial charge < -0.3 is 20.1 Å². The number of amides is 2. The molecule has 1 unspecified atom stereocenters. The van der Waals surface area contributed by atoms with E-state index in [1.54, 1.807) is 13.2 Å². The number of anilines is 1. The van der Waals surface area contributed by atoms with Crippen LogP contribution < -0.4 is 15.4 Å². The van der Waals surface area contributed by atoms with E-state index in [0.717, 1.165) is 30.4 Å². The third-order valence-electron chi connectivity index (χ3n) is 4.75. The summed E-state index contributed by atoms with van der Waals surface area (Å²) >= 11 is 0. The topological polar surface area (TPSA) is 76.7 Å². The Morgan fingerprint density at radius 1 is 1.07 bits per heavy atom. The zero-order chi connectivity index (χ0) is 21.0. The minimum Gasteiger partial charge on any atom is -0.497 e. The fourth-order valence-electron chi connectivity index (χ4n) is 3.40. The SMILES string of the molecule is COc1cccc(NC(=O)c2ccc3c(c2)CCC(NC(=O)OC(C)(C)C)C3)c1. The van der Waals surface area contributed by atoms with Gasteiger partial charge in [-0.05, 0) is 75.4 Å². The number of rotatable bonds is 4. The second-order valence-electron chi connectivity index (χ2n) is 8.26. The van der Waals surface area contributed by atoms with Crippen molar-refractivity contribution in [3.63, 3.8) is 0 Å². The van der Waals surface area contributed by atoms with Crippen LogP contribution in [-0.4, -0.2) is 30.8 Å². The number of fused-ring (bicyclic) bond motifs is 1. The van der Waals surface area contributed by atoms with Crippen molar-refractivity contribution >= 4 is 17.7 Å². The number of alkyl carbamates (subject to hydrolysis) is 1. The average Bonchev–Trinajstić information content (AvgIpc) is 2.66. The van der Waals surface area contributed by atoms with Crippen LogP contribution in [0, 0.1) is 0 Å². The molecule has 0 bridgehead atoms. The molecule has 0 spiro atoms. The summed E-state index contributed by atoms with van der Waals surface area (Å²) in [5, 5.41) is 5.85. The molecule has 6 nitrogen and oxygen atoms in total. The Morgan fingerprint density at radius 2 is 1.86 bits per heavy atom. The summed E-state index contributed by atoms with van der Waals surface area (Å²) in [6.45, 7) is 5.54. The fraction of sp³-hybridized carbons (Fsp3) is 0.391. The summed E-state index contributed by atoms with van der Waals surface area (Å²) in [5.41, 5.74) is 3.08. The normalized spacial score (nSPS) is 15.8. The summed E-state index contributed by atoms with van der Waals surface area (Å²) < 4.78 is 10.5. The number of carbonyl (C=O) groups excluding carboxylic acids is 2. The number of benzene rings is 2. The van der Waals surface area contributed by atoms with Crippen LogP contribution in [0.2, 0.25) is 0 Å². The molecule has 0 saturated carbocycles. The van der Waals surface area contributed by atoms with Gasteiger partial charge in [0, 0.05) is 23.4 Å².